The molecule has 6 nitrogen and oxygen atoms in total. The molecule has 1 heterocycles. The molecule has 0 aromatic heterocycles. The highest BCUT2D eigenvalue weighted by molar-refractivity contribution is 14.0. The van der Waals surface area contributed by atoms with Gasteiger partial charge in [0.25, 0.3) is 0 Å². The number of para-hydroxylation sites is 1. The number of piperidine rings is 1. The van der Waals surface area contributed by atoms with Crippen LogP contribution >= 0.6 is 24.0 Å². The summed E-state index contributed by atoms with van der Waals surface area (Å²) in [6.45, 7) is 8.36. The van der Waals surface area contributed by atoms with E-state index in [2.05, 4.69) is 27.4 Å². The largest absolute Gasteiger partial charge is 0.494 e. The van der Waals surface area contributed by atoms with Crippen molar-refractivity contribution in [2.75, 3.05) is 45.9 Å². The van der Waals surface area contributed by atoms with Crippen LogP contribution in [0.15, 0.2) is 35.3 Å². The van der Waals surface area contributed by atoms with Gasteiger partial charge in [-0.25, -0.2) is 0 Å². The molecule has 7 heteroatoms. The number of guanidine groups is 1. The number of hydrogen-bond donors (Lipinski definition) is 3. The molecule has 0 spiro atoms. The average Bonchev–Trinajstić information content (AvgIpc) is 2.67. The van der Waals surface area contributed by atoms with Crippen LogP contribution in [0.2, 0.25) is 0 Å². The fourth-order valence-corrected chi connectivity index (χ4v) is 2.96. The van der Waals surface area contributed by atoms with E-state index in [-0.39, 0.29) is 30.1 Å². The molecule has 3 N–H and O–H groups in total. The van der Waals surface area contributed by atoms with Gasteiger partial charge in [0.15, 0.2) is 5.96 Å². The highest BCUT2D eigenvalue weighted by Crippen LogP contribution is 2.10. The van der Waals surface area contributed by atoms with Crippen LogP contribution in [-0.4, -0.2) is 67.9 Å². The minimum atomic E-state index is -0.0947. The van der Waals surface area contributed by atoms with Gasteiger partial charge in [-0.3, -0.25) is 4.99 Å². The zero-order chi connectivity index (χ0) is 18.5. The number of halogens is 1. The Kier molecular flexibility index (Phi) is 13.3. The molecular formula is C20H35IN4O2. The molecule has 27 heavy (non-hydrogen) atoms. The zero-order valence-corrected chi connectivity index (χ0v) is 18.7. The molecular weight excluding hydrogens is 455 g/mol. The first-order chi connectivity index (χ1) is 12.8. The number of benzene rings is 1. The van der Waals surface area contributed by atoms with Crippen molar-refractivity contribution < 1.29 is 9.84 Å². The molecule has 1 aliphatic rings. The van der Waals surface area contributed by atoms with Crippen LogP contribution in [0.3, 0.4) is 0 Å². The number of hydrogen-bond acceptors (Lipinski definition) is 4. The van der Waals surface area contributed by atoms with Gasteiger partial charge in [0, 0.05) is 39.1 Å². The Morgan fingerprint density at radius 1 is 1.19 bits per heavy atom. The molecule has 1 saturated heterocycles. The number of likely N-dealkylation sites (tertiary alicyclic amines) is 1. The molecule has 0 amide bonds. The lowest BCUT2D eigenvalue weighted by atomic mass is 10.1. The molecule has 0 unspecified atom stereocenters. The van der Waals surface area contributed by atoms with E-state index in [0.717, 1.165) is 76.7 Å². The molecule has 0 bridgehead atoms. The van der Waals surface area contributed by atoms with Gasteiger partial charge in [-0.15, -0.1) is 24.0 Å². The van der Waals surface area contributed by atoms with Gasteiger partial charge in [0.2, 0.25) is 0 Å². The van der Waals surface area contributed by atoms with Gasteiger partial charge in [-0.2, -0.15) is 0 Å². The van der Waals surface area contributed by atoms with Crippen molar-refractivity contribution in [2.24, 2.45) is 4.99 Å². The Bertz CT molecular complexity index is 508. The second-order valence-corrected chi connectivity index (χ2v) is 6.63. The molecule has 0 aliphatic carbocycles. The van der Waals surface area contributed by atoms with Crippen LogP contribution in [0.5, 0.6) is 5.75 Å². The number of nitrogens with zero attached hydrogens (tertiary/aromatic N) is 2. The van der Waals surface area contributed by atoms with Gasteiger partial charge in [-0.1, -0.05) is 18.2 Å². The highest BCUT2D eigenvalue weighted by Gasteiger charge is 2.15. The monoisotopic (exact) mass is 490 g/mol. The summed E-state index contributed by atoms with van der Waals surface area (Å²) in [7, 11) is 0. The lowest BCUT2D eigenvalue weighted by molar-refractivity contribution is 0.0823. The number of aliphatic hydroxyl groups is 1. The van der Waals surface area contributed by atoms with Crippen LogP contribution in [-0.2, 0) is 0 Å². The van der Waals surface area contributed by atoms with Gasteiger partial charge >= 0.3 is 0 Å². The minimum absolute atomic E-state index is 0. The van der Waals surface area contributed by atoms with E-state index < -0.39 is 0 Å². The maximum Gasteiger partial charge on any atom is 0.191 e. The van der Waals surface area contributed by atoms with Crippen molar-refractivity contribution in [2.45, 2.75) is 38.7 Å². The lowest BCUT2D eigenvalue weighted by Gasteiger charge is -2.29. The van der Waals surface area contributed by atoms with E-state index >= 15 is 0 Å². The Labute approximate surface area is 180 Å². The minimum Gasteiger partial charge on any atom is -0.494 e. The summed E-state index contributed by atoms with van der Waals surface area (Å²) in [5.41, 5.74) is 0. The smallest absolute Gasteiger partial charge is 0.191 e. The van der Waals surface area contributed by atoms with E-state index in [1.807, 2.05) is 30.3 Å². The summed E-state index contributed by atoms with van der Waals surface area (Å²) in [6, 6.07) is 9.88. The maximum atomic E-state index is 9.54. The third-order valence-corrected chi connectivity index (χ3v) is 4.43. The van der Waals surface area contributed by atoms with Crippen molar-refractivity contribution >= 4 is 29.9 Å². The predicted octanol–water partition coefficient (Wildman–Crippen LogP) is 2.48. The molecule has 0 saturated carbocycles. The number of nitrogens with one attached hydrogen (secondary N) is 2. The summed E-state index contributed by atoms with van der Waals surface area (Å²) >= 11 is 0. The van der Waals surface area contributed by atoms with Crippen molar-refractivity contribution in [3.63, 3.8) is 0 Å². The van der Waals surface area contributed by atoms with Crippen molar-refractivity contribution in [3.8, 4) is 5.75 Å². The van der Waals surface area contributed by atoms with Crippen molar-refractivity contribution in [3.05, 3.63) is 30.3 Å². The molecule has 0 radical (unpaired) electrons. The van der Waals surface area contributed by atoms with Crippen LogP contribution in [0.25, 0.3) is 0 Å². The summed E-state index contributed by atoms with van der Waals surface area (Å²) in [6.07, 6.45) is 3.69. The first-order valence-electron chi connectivity index (χ1n) is 9.88. The maximum absolute atomic E-state index is 9.54. The molecule has 154 valence electrons. The van der Waals surface area contributed by atoms with Crippen molar-refractivity contribution in [1.82, 2.24) is 15.5 Å². The van der Waals surface area contributed by atoms with Crippen LogP contribution in [0.4, 0.5) is 0 Å². The second-order valence-electron chi connectivity index (χ2n) is 6.63. The van der Waals surface area contributed by atoms with E-state index in [1.54, 1.807) is 0 Å². The summed E-state index contributed by atoms with van der Waals surface area (Å²) < 4.78 is 5.69. The van der Waals surface area contributed by atoms with Gasteiger partial charge in [0.05, 0.1) is 12.7 Å². The Morgan fingerprint density at radius 2 is 1.93 bits per heavy atom. The van der Waals surface area contributed by atoms with E-state index in [1.165, 1.54) is 0 Å². The summed E-state index contributed by atoms with van der Waals surface area (Å²) in [5, 5.41) is 16.2. The van der Waals surface area contributed by atoms with Gasteiger partial charge < -0.3 is 25.4 Å². The first-order valence-corrected chi connectivity index (χ1v) is 9.88. The van der Waals surface area contributed by atoms with Crippen LogP contribution in [0, 0.1) is 0 Å². The molecule has 1 aromatic rings. The summed E-state index contributed by atoms with van der Waals surface area (Å²) in [5.74, 6) is 1.79. The standard InChI is InChI=1S/C20H34N4O2.HI/c1-2-21-20(22-12-6-14-24-15-10-18(25)11-16-24)23-13-7-17-26-19-8-4-3-5-9-19;/h3-5,8-9,18,25H,2,6-7,10-17H2,1H3,(H2,21,22,23);1H. The zero-order valence-electron chi connectivity index (χ0n) is 16.4. The van der Waals surface area contributed by atoms with Crippen LogP contribution < -0.4 is 15.4 Å². The van der Waals surface area contributed by atoms with E-state index in [4.69, 9.17) is 4.74 Å². The second kappa shape index (κ2) is 14.9. The molecule has 1 fully saturated rings. The Hall–Kier alpha value is -1.06. The Morgan fingerprint density at radius 3 is 2.63 bits per heavy atom. The lowest BCUT2D eigenvalue weighted by Crippen LogP contribution is -2.40. The molecule has 1 aliphatic heterocycles. The van der Waals surface area contributed by atoms with E-state index in [0.29, 0.717) is 6.61 Å². The predicted molar refractivity (Wildman–Crippen MR) is 122 cm³/mol. The number of aliphatic hydroxyl groups excluding tert-OH is 1. The van der Waals surface area contributed by atoms with Gasteiger partial charge in [-0.05, 0) is 44.9 Å². The Balaban J connectivity index is 0.00000364. The third-order valence-electron chi connectivity index (χ3n) is 4.43. The average molecular weight is 490 g/mol. The third kappa shape index (κ3) is 10.8. The topological polar surface area (TPSA) is 69.1 Å². The molecule has 0 atom stereocenters. The first kappa shape index (κ1) is 24.0. The molecule has 1 aromatic carbocycles. The fourth-order valence-electron chi connectivity index (χ4n) is 2.96. The van der Waals surface area contributed by atoms with Gasteiger partial charge in [0.1, 0.15) is 5.75 Å². The highest BCUT2D eigenvalue weighted by atomic mass is 127. The number of ether oxygens (including phenoxy) is 1. The van der Waals surface area contributed by atoms with Crippen LogP contribution in [0.1, 0.15) is 32.6 Å². The fraction of sp³-hybridized carbons (Fsp3) is 0.650. The quantitative estimate of drug-likeness (QED) is 0.204. The van der Waals surface area contributed by atoms with E-state index in [9.17, 15) is 5.11 Å². The number of rotatable bonds is 10. The summed E-state index contributed by atoms with van der Waals surface area (Å²) in [4.78, 5) is 7.04. The SMILES string of the molecule is CCNC(=NCCCOc1ccccc1)NCCCN1CCC(O)CC1.I. The normalized spacial score (nSPS) is 15.9. The molecule has 2 rings (SSSR count). The number of aliphatic imine (C=N–C) groups is 1. The van der Waals surface area contributed by atoms with Crippen molar-refractivity contribution in [1.29, 1.82) is 0 Å².